The normalized spacial score (nSPS) is 11.1. The van der Waals surface area contributed by atoms with Crippen LogP contribution in [-0.4, -0.2) is 40.3 Å². The van der Waals surface area contributed by atoms with Gasteiger partial charge in [-0.15, -0.1) is 0 Å². The standard InChI is InChI=1S/C28H34N2O5S/c1-3-10-23-16-18-24(19-17-23)34-22-20-29-28(31)15-9-21-30(36(2,32)33)26-13-7-8-14-27(26)35-25-11-5-4-6-12-25/h4-8,11-14,16-19H,3,9-10,15,20-22H2,1-2H3,(H,29,31). The van der Waals surface area contributed by atoms with Crippen LogP contribution in [0.15, 0.2) is 78.9 Å². The molecule has 3 aromatic carbocycles. The van der Waals surface area contributed by atoms with Crippen LogP contribution in [-0.2, 0) is 21.2 Å². The summed E-state index contributed by atoms with van der Waals surface area (Å²) in [6, 6.07) is 24.1. The van der Waals surface area contributed by atoms with Crippen molar-refractivity contribution in [3.63, 3.8) is 0 Å². The van der Waals surface area contributed by atoms with Crippen molar-refractivity contribution in [2.45, 2.75) is 32.6 Å². The fraction of sp³-hybridized carbons (Fsp3) is 0.321. The van der Waals surface area contributed by atoms with E-state index in [1.54, 1.807) is 36.4 Å². The Morgan fingerprint density at radius 1 is 0.917 bits per heavy atom. The largest absolute Gasteiger partial charge is 0.492 e. The van der Waals surface area contributed by atoms with Crippen molar-refractivity contribution in [3.8, 4) is 17.2 Å². The fourth-order valence-corrected chi connectivity index (χ4v) is 4.67. The van der Waals surface area contributed by atoms with Crippen LogP contribution in [0, 0.1) is 0 Å². The van der Waals surface area contributed by atoms with Gasteiger partial charge in [0.05, 0.1) is 18.5 Å². The number of nitrogens with zero attached hydrogens (tertiary/aromatic N) is 1. The van der Waals surface area contributed by atoms with Crippen molar-refractivity contribution >= 4 is 21.6 Å². The summed E-state index contributed by atoms with van der Waals surface area (Å²) < 4.78 is 38.0. The maximum Gasteiger partial charge on any atom is 0.232 e. The van der Waals surface area contributed by atoms with E-state index in [0.717, 1.165) is 24.8 Å². The Morgan fingerprint density at radius 2 is 1.61 bits per heavy atom. The quantitative estimate of drug-likeness (QED) is 0.302. The lowest BCUT2D eigenvalue weighted by molar-refractivity contribution is -0.121. The molecule has 0 aliphatic carbocycles. The summed E-state index contributed by atoms with van der Waals surface area (Å²) in [7, 11) is -3.59. The van der Waals surface area contributed by atoms with Crippen LogP contribution in [0.2, 0.25) is 0 Å². The molecule has 3 aromatic rings. The van der Waals surface area contributed by atoms with Crippen molar-refractivity contribution < 1.29 is 22.7 Å². The number of ether oxygens (including phenoxy) is 2. The molecule has 7 nitrogen and oxygen atoms in total. The average molecular weight is 511 g/mol. The summed E-state index contributed by atoms with van der Waals surface area (Å²) in [6.45, 7) is 3.03. The molecule has 0 heterocycles. The van der Waals surface area contributed by atoms with E-state index in [0.29, 0.717) is 36.8 Å². The van der Waals surface area contributed by atoms with Crippen molar-refractivity contribution in [1.82, 2.24) is 5.32 Å². The lowest BCUT2D eigenvalue weighted by atomic mass is 10.1. The molecule has 0 spiro atoms. The van der Waals surface area contributed by atoms with E-state index >= 15 is 0 Å². The molecule has 3 rings (SSSR count). The van der Waals surface area contributed by atoms with Gasteiger partial charge in [0.2, 0.25) is 15.9 Å². The van der Waals surface area contributed by atoms with Crippen molar-refractivity contribution in [2.75, 3.05) is 30.3 Å². The van der Waals surface area contributed by atoms with E-state index in [1.165, 1.54) is 9.87 Å². The number of hydrogen-bond acceptors (Lipinski definition) is 5. The van der Waals surface area contributed by atoms with E-state index in [4.69, 9.17) is 9.47 Å². The number of hydrogen-bond donors (Lipinski definition) is 1. The van der Waals surface area contributed by atoms with Crippen LogP contribution in [0.5, 0.6) is 17.2 Å². The van der Waals surface area contributed by atoms with Crippen LogP contribution in [0.1, 0.15) is 31.7 Å². The molecular weight excluding hydrogens is 476 g/mol. The summed E-state index contributed by atoms with van der Waals surface area (Å²) in [5, 5.41) is 2.82. The van der Waals surface area contributed by atoms with Gasteiger partial charge < -0.3 is 14.8 Å². The topological polar surface area (TPSA) is 84.9 Å². The number of para-hydroxylation sites is 3. The summed E-state index contributed by atoms with van der Waals surface area (Å²) in [4.78, 5) is 12.3. The number of anilines is 1. The van der Waals surface area contributed by atoms with Gasteiger partial charge in [-0.2, -0.15) is 0 Å². The third-order valence-corrected chi connectivity index (χ3v) is 6.61. The predicted octanol–water partition coefficient (Wildman–Crippen LogP) is 5.17. The van der Waals surface area contributed by atoms with Crippen molar-refractivity contribution in [2.24, 2.45) is 0 Å². The monoisotopic (exact) mass is 510 g/mol. The number of sulfonamides is 1. The molecule has 0 radical (unpaired) electrons. The molecule has 8 heteroatoms. The third-order valence-electron chi connectivity index (χ3n) is 5.43. The summed E-state index contributed by atoms with van der Waals surface area (Å²) >= 11 is 0. The smallest absolute Gasteiger partial charge is 0.232 e. The summed E-state index contributed by atoms with van der Waals surface area (Å²) in [6.07, 6.45) is 3.84. The Bertz CT molecular complexity index is 1200. The second-order valence-electron chi connectivity index (χ2n) is 8.41. The minimum atomic E-state index is -3.59. The van der Waals surface area contributed by atoms with Crippen LogP contribution >= 0.6 is 0 Å². The molecule has 0 bridgehead atoms. The Balaban J connectivity index is 1.49. The van der Waals surface area contributed by atoms with Crippen LogP contribution in [0.4, 0.5) is 5.69 Å². The molecule has 0 aliphatic rings. The maximum absolute atomic E-state index is 12.6. The van der Waals surface area contributed by atoms with Gasteiger partial charge in [-0.3, -0.25) is 9.10 Å². The Labute approximate surface area is 214 Å². The molecule has 1 N–H and O–H groups in total. The number of benzene rings is 3. The average Bonchev–Trinajstić information content (AvgIpc) is 2.86. The van der Waals surface area contributed by atoms with Crippen LogP contribution in [0.3, 0.4) is 0 Å². The number of nitrogens with one attached hydrogen (secondary N) is 1. The molecule has 0 aliphatic heterocycles. The van der Waals surface area contributed by atoms with Gasteiger partial charge in [-0.25, -0.2) is 8.42 Å². The molecule has 0 fully saturated rings. The zero-order chi connectivity index (χ0) is 25.8. The highest BCUT2D eigenvalue weighted by atomic mass is 32.2. The lowest BCUT2D eigenvalue weighted by Gasteiger charge is -2.24. The number of rotatable bonds is 14. The maximum atomic E-state index is 12.6. The van der Waals surface area contributed by atoms with Gasteiger partial charge in [0.15, 0.2) is 5.75 Å². The third kappa shape index (κ3) is 8.61. The Kier molecular flexibility index (Phi) is 10.2. The lowest BCUT2D eigenvalue weighted by Crippen LogP contribution is -2.33. The first-order valence-electron chi connectivity index (χ1n) is 12.1. The highest BCUT2D eigenvalue weighted by Gasteiger charge is 2.21. The minimum absolute atomic E-state index is 0.154. The second-order valence-corrected chi connectivity index (χ2v) is 10.3. The van der Waals surface area contributed by atoms with Gasteiger partial charge in [0, 0.05) is 13.0 Å². The molecule has 0 saturated carbocycles. The van der Waals surface area contributed by atoms with Gasteiger partial charge in [-0.05, 0) is 54.8 Å². The van der Waals surface area contributed by atoms with E-state index in [1.807, 2.05) is 42.5 Å². The van der Waals surface area contributed by atoms with Crippen molar-refractivity contribution in [1.29, 1.82) is 0 Å². The summed E-state index contributed by atoms with van der Waals surface area (Å²) in [5.41, 5.74) is 1.71. The zero-order valence-corrected chi connectivity index (χ0v) is 21.7. The Hall–Kier alpha value is -3.52. The van der Waals surface area contributed by atoms with E-state index in [2.05, 4.69) is 12.2 Å². The summed E-state index contributed by atoms with van der Waals surface area (Å²) in [5.74, 6) is 1.65. The first-order valence-corrected chi connectivity index (χ1v) is 14.0. The molecule has 0 aromatic heterocycles. The molecule has 0 atom stereocenters. The first kappa shape index (κ1) is 27.1. The molecule has 192 valence electrons. The van der Waals surface area contributed by atoms with Gasteiger partial charge in [0.1, 0.15) is 18.1 Å². The van der Waals surface area contributed by atoms with E-state index in [-0.39, 0.29) is 18.9 Å². The molecule has 1 amide bonds. The molecule has 0 unspecified atom stereocenters. The molecule has 36 heavy (non-hydrogen) atoms. The number of carbonyl (C=O) groups is 1. The van der Waals surface area contributed by atoms with E-state index in [9.17, 15) is 13.2 Å². The predicted molar refractivity (Wildman–Crippen MR) is 143 cm³/mol. The number of amides is 1. The zero-order valence-electron chi connectivity index (χ0n) is 20.9. The number of carbonyl (C=O) groups excluding carboxylic acids is 1. The molecular formula is C28H34N2O5S. The highest BCUT2D eigenvalue weighted by Crippen LogP contribution is 2.33. The van der Waals surface area contributed by atoms with Crippen LogP contribution < -0.4 is 19.1 Å². The number of aryl methyl sites for hydroxylation is 1. The van der Waals surface area contributed by atoms with Crippen LogP contribution in [0.25, 0.3) is 0 Å². The van der Waals surface area contributed by atoms with E-state index < -0.39 is 10.0 Å². The fourth-order valence-electron chi connectivity index (χ4n) is 3.70. The molecule has 0 saturated heterocycles. The minimum Gasteiger partial charge on any atom is -0.492 e. The highest BCUT2D eigenvalue weighted by molar-refractivity contribution is 7.92. The van der Waals surface area contributed by atoms with Crippen molar-refractivity contribution in [3.05, 3.63) is 84.4 Å². The Morgan fingerprint density at radius 3 is 2.31 bits per heavy atom. The second kappa shape index (κ2) is 13.5. The van der Waals surface area contributed by atoms with Gasteiger partial charge in [-0.1, -0.05) is 55.8 Å². The van der Waals surface area contributed by atoms with Gasteiger partial charge >= 0.3 is 0 Å². The SMILES string of the molecule is CCCc1ccc(OCCNC(=O)CCCN(c2ccccc2Oc2ccccc2)S(C)(=O)=O)cc1. The first-order chi connectivity index (χ1) is 17.4. The van der Waals surface area contributed by atoms with Gasteiger partial charge in [0.25, 0.3) is 0 Å².